The van der Waals surface area contributed by atoms with Crippen LogP contribution in [0.2, 0.25) is 0 Å². The summed E-state index contributed by atoms with van der Waals surface area (Å²) in [4.78, 5) is 0. The molecule has 232 valence electrons. The number of hydrogen-bond acceptors (Lipinski definition) is 5. The van der Waals surface area contributed by atoms with E-state index in [9.17, 15) is 0 Å². The van der Waals surface area contributed by atoms with E-state index in [1.165, 1.54) is 102 Å². The van der Waals surface area contributed by atoms with Gasteiger partial charge in [0.25, 0.3) is 0 Å². The van der Waals surface area contributed by atoms with E-state index >= 15 is 0 Å². The fourth-order valence-electron chi connectivity index (χ4n) is 5.65. The molecule has 0 aliphatic carbocycles. The fraction of sp³-hybridized carbons (Fsp3) is 0.526. The van der Waals surface area contributed by atoms with Gasteiger partial charge in [-0.25, -0.2) is 0 Å². The van der Waals surface area contributed by atoms with Crippen LogP contribution < -0.4 is 9.47 Å². The van der Waals surface area contributed by atoms with Crippen LogP contribution in [0.4, 0.5) is 0 Å². The molecule has 4 aromatic rings. The summed E-state index contributed by atoms with van der Waals surface area (Å²) in [7, 11) is 0. The summed E-state index contributed by atoms with van der Waals surface area (Å²) in [6.45, 7) is 6.11. The van der Waals surface area contributed by atoms with Gasteiger partial charge in [-0.3, -0.25) is 0 Å². The largest absolute Gasteiger partial charge is 0.494 e. The van der Waals surface area contributed by atoms with E-state index in [0.717, 1.165) is 70.8 Å². The van der Waals surface area contributed by atoms with Crippen molar-refractivity contribution in [3.63, 3.8) is 0 Å². The molecule has 0 amide bonds. The highest BCUT2D eigenvalue weighted by Gasteiger charge is 2.14. The number of hydrogen-bond donors (Lipinski definition) is 0. The molecular weight excluding hydrogens is 548 g/mol. The number of fused-ring (bicyclic) bond motifs is 1. The van der Waals surface area contributed by atoms with Crippen molar-refractivity contribution < 1.29 is 9.47 Å². The molecule has 0 saturated carbocycles. The van der Waals surface area contributed by atoms with Crippen LogP contribution in [0.25, 0.3) is 33.3 Å². The van der Waals surface area contributed by atoms with Gasteiger partial charge in [-0.2, -0.15) is 8.75 Å². The third-order valence-corrected chi connectivity index (χ3v) is 8.81. The van der Waals surface area contributed by atoms with Gasteiger partial charge in [0.1, 0.15) is 22.5 Å². The van der Waals surface area contributed by atoms with Crippen LogP contribution >= 0.6 is 11.7 Å². The van der Waals surface area contributed by atoms with Crippen molar-refractivity contribution in [2.75, 3.05) is 13.2 Å². The molecule has 0 unspecified atom stereocenters. The summed E-state index contributed by atoms with van der Waals surface area (Å²) in [6, 6.07) is 21.2. The van der Waals surface area contributed by atoms with Crippen LogP contribution in [0, 0.1) is 0 Å². The molecule has 1 aromatic heterocycles. The SMILES string of the molecule is CCCCCCCCCCOc1ccc(-c2ccc(-c3ccc(OCCCCCCCCCC)cc3)c3nsnc23)cc1. The van der Waals surface area contributed by atoms with Crippen LogP contribution in [-0.4, -0.2) is 22.0 Å². The number of aromatic nitrogens is 2. The van der Waals surface area contributed by atoms with E-state index in [4.69, 9.17) is 9.47 Å². The maximum Gasteiger partial charge on any atom is 0.119 e. The molecule has 0 spiro atoms. The predicted molar refractivity (Wildman–Crippen MR) is 184 cm³/mol. The van der Waals surface area contributed by atoms with Crippen molar-refractivity contribution in [1.82, 2.24) is 8.75 Å². The van der Waals surface area contributed by atoms with Gasteiger partial charge < -0.3 is 9.47 Å². The Morgan fingerprint density at radius 1 is 0.442 bits per heavy atom. The van der Waals surface area contributed by atoms with E-state index in [-0.39, 0.29) is 0 Å². The minimum atomic E-state index is 0.784. The van der Waals surface area contributed by atoms with Gasteiger partial charge in [-0.15, -0.1) is 0 Å². The van der Waals surface area contributed by atoms with Crippen molar-refractivity contribution in [2.24, 2.45) is 0 Å². The van der Waals surface area contributed by atoms with Crippen LogP contribution in [0.3, 0.4) is 0 Å². The van der Waals surface area contributed by atoms with Gasteiger partial charge in [-0.05, 0) is 48.2 Å². The van der Waals surface area contributed by atoms with Crippen molar-refractivity contribution in [3.05, 3.63) is 60.7 Å². The normalized spacial score (nSPS) is 11.3. The zero-order valence-corrected chi connectivity index (χ0v) is 27.4. The molecular formula is C38H52N2O2S. The topological polar surface area (TPSA) is 44.2 Å². The molecule has 3 aromatic carbocycles. The summed E-state index contributed by atoms with van der Waals surface area (Å²) in [6.07, 6.45) is 21.0. The zero-order valence-electron chi connectivity index (χ0n) is 26.6. The Hall–Kier alpha value is -2.92. The molecule has 0 N–H and O–H groups in total. The maximum atomic E-state index is 6.02. The summed E-state index contributed by atoms with van der Waals surface area (Å²) < 4.78 is 21.4. The molecule has 0 aliphatic rings. The van der Waals surface area contributed by atoms with Crippen molar-refractivity contribution >= 4 is 22.8 Å². The number of nitrogens with zero attached hydrogens (tertiary/aromatic N) is 2. The van der Waals surface area contributed by atoms with E-state index in [1.54, 1.807) is 0 Å². The second-order valence-corrected chi connectivity index (χ2v) is 12.3. The smallest absolute Gasteiger partial charge is 0.119 e. The van der Waals surface area contributed by atoms with E-state index in [0.29, 0.717) is 0 Å². The Balaban J connectivity index is 1.25. The molecule has 0 saturated heterocycles. The first kappa shape index (κ1) is 33.0. The second-order valence-electron chi connectivity index (χ2n) is 11.8. The first-order valence-electron chi connectivity index (χ1n) is 17.0. The van der Waals surface area contributed by atoms with Gasteiger partial charge in [0.15, 0.2) is 0 Å². The first-order chi connectivity index (χ1) is 21.3. The average molecular weight is 601 g/mol. The average Bonchev–Trinajstić information content (AvgIpc) is 3.54. The molecule has 5 heteroatoms. The van der Waals surface area contributed by atoms with Gasteiger partial charge >= 0.3 is 0 Å². The van der Waals surface area contributed by atoms with Gasteiger partial charge in [-0.1, -0.05) is 140 Å². The summed E-state index contributed by atoms with van der Waals surface area (Å²) in [5.74, 6) is 1.86. The zero-order chi connectivity index (χ0) is 30.0. The monoisotopic (exact) mass is 600 g/mol. The van der Waals surface area contributed by atoms with Crippen LogP contribution in [0.15, 0.2) is 60.7 Å². The lowest BCUT2D eigenvalue weighted by atomic mass is 9.98. The third-order valence-electron chi connectivity index (χ3n) is 8.28. The van der Waals surface area contributed by atoms with E-state index < -0.39 is 0 Å². The Morgan fingerprint density at radius 3 is 1.16 bits per heavy atom. The third kappa shape index (κ3) is 10.9. The standard InChI is InChI=1S/C38H52N2O2S/c1-3-5-7-9-11-13-15-17-29-41-33-23-19-31(20-24-33)35-27-28-36(38-37(35)39-43-40-38)32-21-25-34(26-22-32)42-30-18-16-14-12-10-8-6-4-2/h19-28H,3-18,29-30H2,1-2H3. The van der Waals surface area contributed by atoms with Gasteiger partial charge in [0, 0.05) is 11.1 Å². The molecule has 0 aliphatic heterocycles. The summed E-state index contributed by atoms with van der Waals surface area (Å²) in [5, 5.41) is 0. The molecule has 0 fully saturated rings. The highest BCUT2D eigenvalue weighted by atomic mass is 32.1. The Labute approximate surface area is 264 Å². The van der Waals surface area contributed by atoms with Crippen LogP contribution in [-0.2, 0) is 0 Å². The highest BCUT2D eigenvalue weighted by Crippen LogP contribution is 2.35. The Morgan fingerprint density at radius 2 is 0.791 bits per heavy atom. The van der Waals surface area contributed by atoms with Crippen LogP contribution in [0.5, 0.6) is 11.5 Å². The number of benzene rings is 3. The predicted octanol–water partition coefficient (Wildman–Crippen LogP) is 12.1. The number of ether oxygens (including phenoxy) is 2. The fourth-order valence-corrected chi connectivity index (χ4v) is 6.22. The molecule has 1 heterocycles. The van der Waals surface area contributed by atoms with Crippen LogP contribution in [0.1, 0.15) is 117 Å². The molecule has 4 rings (SSSR count). The first-order valence-corrected chi connectivity index (χ1v) is 17.7. The van der Waals surface area contributed by atoms with E-state index in [1.807, 2.05) is 0 Å². The molecule has 0 radical (unpaired) electrons. The number of rotatable bonds is 22. The number of unbranched alkanes of at least 4 members (excludes halogenated alkanes) is 14. The molecule has 0 atom stereocenters. The lowest BCUT2D eigenvalue weighted by molar-refractivity contribution is 0.304. The highest BCUT2D eigenvalue weighted by molar-refractivity contribution is 7.00. The second kappa shape index (κ2) is 19.4. The van der Waals surface area contributed by atoms with Gasteiger partial charge in [0.05, 0.1) is 24.9 Å². The summed E-state index contributed by atoms with van der Waals surface area (Å²) >= 11 is 1.27. The molecule has 43 heavy (non-hydrogen) atoms. The lowest BCUT2D eigenvalue weighted by Crippen LogP contribution is -1.97. The van der Waals surface area contributed by atoms with Crippen molar-refractivity contribution in [2.45, 2.75) is 117 Å². The van der Waals surface area contributed by atoms with E-state index in [2.05, 4.69) is 83.3 Å². The van der Waals surface area contributed by atoms with Crippen molar-refractivity contribution in [3.8, 4) is 33.8 Å². The minimum absolute atomic E-state index is 0.784. The minimum Gasteiger partial charge on any atom is -0.494 e. The molecule has 4 nitrogen and oxygen atoms in total. The quantitative estimate of drug-likeness (QED) is 0.0842. The Kier molecular flexibility index (Phi) is 14.9. The lowest BCUT2D eigenvalue weighted by Gasteiger charge is -2.10. The van der Waals surface area contributed by atoms with Gasteiger partial charge in [0.2, 0.25) is 0 Å². The Bertz CT molecular complexity index is 1200. The maximum absolute atomic E-state index is 6.02. The summed E-state index contributed by atoms with van der Waals surface area (Å²) in [5.41, 5.74) is 6.37. The van der Waals surface area contributed by atoms with Crippen molar-refractivity contribution in [1.29, 1.82) is 0 Å². The molecule has 0 bridgehead atoms.